The van der Waals surface area contributed by atoms with Crippen molar-refractivity contribution < 1.29 is 9.90 Å². The molecular formula is C17H20N6O2. The van der Waals surface area contributed by atoms with E-state index in [4.69, 9.17) is 5.73 Å². The summed E-state index contributed by atoms with van der Waals surface area (Å²) >= 11 is 0. The second-order valence-corrected chi connectivity index (χ2v) is 6.07. The van der Waals surface area contributed by atoms with Crippen LogP contribution in [0.4, 0.5) is 11.8 Å². The van der Waals surface area contributed by atoms with Crippen LogP contribution in [0.5, 0.6) is 0 Å². The first-order valence-corrected chi connectivity index (χ1v) is 7.92. The van der Waals surface area contributed by atoms with Crippen molar-refractivity contribution in [2.24, 2.45) is 0 Å². The Balaban J connectivity index is 1.90. The lowest BCUT2D eigenvalue weighted by atomic mass is 10.1. The average Bonchev–Trinajstić information content (AvgIpc) is 2.90. The zero-order valence-electron chi connectivity index (χ0n) is 14.3. The Morgan fingerprint density at radius 3 is 2.72 bits per heavy atom. The zero-order valence-corrected chi connectivity index (χ0v) is 14.3. The Hall–Kier alpha value is -3.16. The summed E-state index contributed by atoms with van der Waals surface area (Å²) in [5.74, 6) is -0.350. The highest BCUT2D eigenvalue weighted by molar-refractivity contribution is 5.97. The van der Waals surface area contributed by atoms with E-state index < -0.39 is 5.97 Å². The van der Waals surface area contributed by atoms with Crippen molar-refractivity contribution in [3.63, 3.8) is 0 Å². The number of hydrogen-bond acceptors (Lipinski definition) is 6. The Labute approximate surface area is 144 Å². The third-order valence-electron chi connectivity index (χ3n) is 3.99. The number of aryl methyl sites for hydroxylation is 2. The summed E-state index contributed by atoms with van der Waals surface area (Å²) in [5.41, 5.74) is 8.58. The number of carboxylic acid groups (broad SMARTS) is 1. The van der Waals surface area contributed by atoms with Gasteiger partial charge in [-0.25, -0.2) is 9.78 Å². The van der Waals surface area contributed by atoms with Gasteiger partial charge in [0.15, 0.2) is 0 Å². The van der Waals surface area contributed by atoms with E-state index in [2.05, 4.69) is 20.4 Å². The Kier molecular flexibility index (Phi) is 4.26. The summed E-state index contributed by atoms with van der Waals surface area (Å²) in [6.07, 6.45) is 0. The summed E-state index contributed by atoms with van der Waals surface area (Å²) in [5, 5.41) is 17.5. The molecule has 0 fully saturated rings. The number of nitrogens with zero attached hydrogens (tertiary/aromatic N) is 4. The summed E-state index contributed by atoms with van der Waals surface area (Å²) in [6, 6.07) is 6.79. The van der Waals surface area contributed by atoms with Gasteiger partial charge in [-0.3, -0.25) is 4.68 Å². The molecule has 0 aliphatic heterocycles. The van der Waals surface area contributed by atoms with Crippen LogP contribution >= 0.6 is 0 Å². The van der Waals surface area contributed by atoms with Crippen molar-refractivity contribution in [2.75, 3.05) is 17.6 Å². The summed E-state index contributed by atoms with van der Waals surface area (Å²) in [4.78, 5) is 19.6. The van der Waals surface area contributed by atoms with Gasteiger partial charge < -0.3 is 16.2 Å². The molecule has 0 aliphatic rings. The molecule has 0 radical (unpaired) electrons. The van der Waals surface area contributed by atoms with E-state index in [1.54, 1.807) is 12.1 Å². The highest BCUT2D eigenvalue weighted by Crippen LogP contribution is 2.23. The Morgan fingerprint density at radius 2 is 2.08 bits per heavy atom. The second kappa shape index (κ2) is 6.39. The maximum absolute atomic E-state index is 11.2. The average molecular weight is 340 g/mol. The van der Waals surface area contributed by atoms with Crippen LogP contribution in [0.1, 0.15) is 34.7 Å². The van der Waals surface area contributed by atoms with Gasteiger partial charge in [0.1, 0.15) is 5.82 Å². The molecule has 130 valence electrons. The van der Waals surface area contributed by atoms with E-state index in [-0.39, 0.29) is 17.6 Å². The molecule has 0 saturated carbocycles. The topological polar surface area (TPSA) is 119 Å². The summed E-state index contributed by atoms with van der Waals surface area (Å²) in [6.45, 7) is 6.57. The van der Waals surface area contributed by atoms with Crippen LogP contribution in [-0.2, 0) is 0 Å². The lowest BCUT2D eigenvalue weighted by Crippen LogP contribution is -2.19. The van der Waals surface area contributed by atoms with E-state index in [1.807, 2.05) is 31.5 Å². The van der Waals surface area contributed by atoms with Gasteiger partial charge in [-0.2, -0.15) is 10.1 Å². The molecule has 3 aromatic rings. The number of anilines is 2. The predicted molar refractivity (Wildman–Crippen MR) is 95.8 cm³/mol. The number of aromatic nitrogens is 4. The number of hydrogen-bond donors (Lipinski definition) is 3. The lowest BCUT2D eigenvalue weighted by molar-refractivity contribution is 0.0697. The van der Waals surface area contributed by atoms with Crippen molar-refractivity contribution >= 4 is 28.6 Å². The van der Waals surface area contributed by atoms with E-state index in [0.717, 1.165) is 11.4 Å². The van der Waals surface area contributed by atoms with Gasteiger partial charge in [-0.1, -0.05) is 0 Å². The monoisotopic (exact) mass is 340 g/mol. The quantitative estimate of drug-likeness (QED) is 0.652. The summed E-state index contributed by atoms with van der Waals surface area (Å²) in [7, 11) is 0. The fourth-order valence-electron chi connectivity index (χ4n) is 2.84. The maximum Gasteiger partial charge on any atom is 0.335 e. The number of nitrogens with one attached hydrogen (secondary N) is 1. The molecule has 0 amide bonds. The smallest absolute Gasteiger partial charge is 0.335 e. The summed E-state index contributed by atoms with van der Waals surface area (Å²) < 4.78 is 1.94. The largest absolute Gasteiger partial charge is 0.478 e. The van der Waals surface area contributed by atoms with Gasteiger partial charge in [0.2, 0.25) is 5.95 Å². The first-order chi connectivity index (χ1) is 11.8. The number of benzene rings is 1. The van der Waals surface area contributed by atoms with E-state index >= 15 is 0 Å². The van der Waals surface area contributed by atoms with Crippen LogP contribution in [0.2, 0.25) is 0 Å². The molecule has 2 aromatic heterocycles. The third kappa shape index (κ3) is 3.37. The molecule has 8 heteroatoms. The minimum atomic E-state index is -0.999. The molecule has 8 nitrogen and oxygen atoms in total. The number of rotatable bonds is 5. The van der Waals surface area contributed by atoms with E-state index in [1.165, 1.54) is 6.07 Å². The molecule has 25 heavy (non-hydrogen) atoms. The van der Waals surface area contributed by atoms with Gasteiger partial charge in [0.05, 0.1) is 22.8 Å². The van der Waals surface area contributed by atoms with E-state index in [9.17, 15) is 9.90 Å². The Morgan fingerprint density at radius 1 is 1.32 bits per heavy atom. The Bertz CT molecular complexity index is 950. The molecule has 0 saturated heterocycles. The SMILES string of the molecule is Cc1cc(C)n([C@@H](C)CNc2nc(N)nc3ccc(C(=O)O)cc23)n1. The number of carboxylic acids is 1. The number of nitrogen functional groups attached to an aromatic ring is 1. The first-order valence-electron chi connectivity index (χ1n) is 7.92. The van der Waals surface area contributed by atoms with Gasteiger partial charge in [0.25, 0.3) is 0 Å². The van der Waals surface area contributed by atoms with Crippen LogP contribution in [0.3, 0.4) is 0 Å². The molecule has 1 atom stereocenters. The molecular weight excluding hydrogens is 320 g/mol. The third-order valence-corrected chi connectivity index (χ3v) is 3.99. The van der Waals surface area contributed by atoms with Crippen molar-refractivity contribution in [3.8, 4) is 0 Å². The molecule has 1 aromatic carbocycles. The predicted octanol–water partition coefficient (Wildman–Crippen LogP) is 2.40. The number of nitrogens with two attached hydrogens (primary N) is 1. The van der Waals surface area contributed by atoms with E-state index in [0.29, 0.717) is 23.3 Å². The van der Waals surface area contributed by atoms with Crippen molar-refractivity contribution in [1.82, 2.24) is 19.7 Å². The first kappa shape index (κ1) is 16.7. The fourth-order valence-corrected chi connectivity index (χ4v) is 2.84. The van der Waals surface area contributed by atoms with Crippen LogP contribution in [0.25, 0.3) is 10.9 Å². The normalized spacial score (nSPS) is 12.3. The number of aromatic carboxylic acids is 1. The molecule has 2 heterocycles. The molecule has 0 bridgehead atoms. The minimum Gasteiger partial charge on any atom is -0.478 e. The van der Waals surface area contributed by atoms with Gasteiger partial charge in [0, 0.05) is 17.6 Å². The highest BCUT2D eigenvalue weighted by atomic mass is 16.4. The fraction of sp³-hybridized carbons (Fsp3) is 0.294. The molecule has 0 aliphatic carbocycles. The standard InChI is InChI=1S/C17H20N6O2/c1-9-6-10(2)23(22-9)11(3)8-19-15-13-7-12(16(24)25)4-5-14(13)20-17(18)21-15/h4-7,11H,8H2,1-3H3,(H,24,25)(H3,18,19,20,21)/t11-/m0/s1. The van der Waals surface area contributed by atoms with Crippen molar-refractivity contribution in [1.29, 1.82) is 0 Å². The maximum atomic E-state index is 11.2. The van der Waals surface area contributed by atoms with Crippen LogP contribution in [0, 0.1) is 13.8 Å². The molecule has 3 rings (SSSR count). The van der Waals surface area contributed by atoms with Gasteiger partial charge in [-0.15, -0.1) is 0 Å². The van der Waals surface area contributed by atoms with Crippen LogP contribution < -0.4 is 11.1 Å². The van der Waals surface area contributed by atoms with Crippen LogP contribution in [-0.4, -0.2) is 37.4 Å². The van der Waals surface area contributed by atoms with Crippen molar-refractivity contribution in [2.45, 2.75) is 26.8 Å². The molecule has 0 spiro atoms. The number of fused-ring (bicyclic) bond motifs is 1. The highest BCUT2D eigenvalue weighted by Gasteiger charge is 2.13. The minimum absolute atomic E-state index is 0.0857. The van der Waals surface area contributed by atoms with Gasteiger partial charge >= 0.3 is 5.97 Å². The second-order valence-electron chi connectivity index (χ2n) is 6.07. The molecule has 4 N–H and O–H groups in total. The zero-order chi connectivity index (χ0) is 18.1. The number of carbonyl (C=O) groups is 1. The van der Waals surface area contributed by atoms with Crippen molar-refractivity contribution in [3.05, 3.63) is 41.2 Å². The lowest BCUT2D eigenvalue weighted by Gasteiger charge is -2.16. The van der Waals surface area contributed by atoms with Crippen LogP contribution in [0.15, 0.2) is 24.3 Å². The van der Waals surface area contributed by atoms with Gasteiger partial charge in [-0.05, 0) is 45.0 Å². The molecule has 0 unspecified atom stereocenters.